The van der Waals surface area contributed by atoms with E-state index >= 15 is 0 Å². The van der Waals surface area contributed by atoms with Crippen LogP contribution in [0.4, 0.5) is 4.79 Å². The van der Waals surface area contributed by atoms with E-state index in [2.05, 4.69) is 15.4 Å². The Morgan fingerprint density at radius 1 is 1.43 bits per heavy atom. The molecule has 4 N–H and O–H groups in total. The number of carbonyl (C=O) groups is 2. The van der Waals surface area contributed by atoms with Gasteiger partial charge in [0.15, 0.2) is 0 Å². The van der Waals surface area contributed by atoms with Crippen LogP contribution >= 0.6 is 0 Å². The first-order valence-corrected chi connectivity index (χ1v) is 7.84. The van der Waals surface area contributed by atoms with Crippen LogP contribution in [0.1, 0.15) is 11.1 Å². The molecule has 0 unspecified atom stereocenters. The van der Waals surface area contributed by atoms with Gasteiger partial charge in [-0.15, -0.1) is 0 Å². The smallest absolute Gasteiger partial charge is 0.407 e. The normalized spacial score (nSPS) is 18.0. The zero-order valence-corrected chi connectivity index (χ0v) is 11.9. The summed E-state index contributed by atoms with van der Waals surface area (Å²) in [6.45, 7) is 0.208. The number of hydrogen-bond acceptors (Lipinski definition) is 5. The molecule has 9 heteroatoms. The Hall–Kier alpha value is -2.13. The van der Waals surface area contributed by atoms with Crippen molar-refractivity contribution >= 4 is 22.0 Å². The van der Waals surface area contributed by atoms with E-state index in [1.165, 1.54) is 0 Å². The largest absolute Gasteiger partial charge is 0.447 e. The number of primary sulfonamides is 1. The van der Waals surface area contributed by atoms with Gasteiger partial charge in [0.25, 0.3) is 0 Å². The van der Waals surface area contributed by atoms with Crippen molar-refractivity contribution in [3.63, 3.8) is 0 Å². The second-order valence-corrected chi connectivity index (χ2v) is 6.25. The number of carbonyl (C=O) groups excluding carboxylic acids is 2. The van der Waals surface area contributed by atoms with Gasteiger partial charge in [0.2, 0.25) is 15.9 Å². The minimum absolute atomic E-state index is 0.00385. The quantitative estimate of drug-likeness (QED) is 0.655. The van der Waals surface area contributed by atoms with Gasteiger partial charge in [0.1, 0.15) is 12.6 Å². The molecular weight excluding hydrogens is 298 g/mol. The predicted molar refractivity (Wildman–Crippen MR) is 73.4 cm³/mol. The van der Waals surface area contributed by atoms with Crippen LogP contribution < -0.4 is 15.8 Å². The van der Waals surface area contributed by atoms with Gasteiger partial charge in [0, 0.05) is 6.54 Å². The highest BCUT2D eigenvalue weighted by molar-refractivity contribution is 7.88. The molecule has 1 aromatic carbocycles. The Balaban J connectivity index is 1.92. The molecule has 0 radical (unpaired) electrons. The second-order valence-electron chi connectivity index (χ2n) is 4.64. The molecule has 1 atom stereocenters. The summed E-state index contributed by atoms with van der Waals surface area (Å²) in [4.78, 5) is 22.6. The third kappa shape index (κ3) is 4.72. The average Bonchev–Trinajstić information content (AvgIpc) is 2.81. The van der Waals surface area contributed by atoms with E-state index in [9.17, 15) is 18.0 Å². The highest BCUT2D eigenvalue weighted by atomic mass is 32.2. The lowest BCUT2D eigenvalue weighted by atomic mass is 10.1. The van der Waals surface area contributed by atoms with Gasteiger partial charge < -0.3 is 15.4 Å². The molecule has 114 valence electrons. The molecule has 0 aliphatic carbocycles. The van der Waals surface area contributed by atoms with Crippen LogP contribution in [0.5, 0.6) is 0 Å². The van der Waals surface area contributed by atoms with Gasteiger partial charge in [-0.2, -0.15) is 0 Å². The third-order valence-electron chi connectivity index (χ3n) is 2.82. The summed E-state index contributed by atoms with van der Waals surface area (Å²) >= 11 is 0. The SMILES string of the molecule is NS(=O)(=O)Cc1cccc(CNC(=O)[C@@H]2COC(=O)N2)c1. The van der Waals surface area contributed by atoms with Crippen molar-refractivity contribution < 1.29 is 22.7 Å². The maximum absolute atomic E-state index is 11.8. The molecule has 1 heterocycles. The molecule has 1 saturated heterocycles. The second kappa shape index (κ2) is 6.10. The Labute approximate surface area is 121 Å². The topological polar surface area (TPSA) is 128 Å². The number of hydrogen-bond donors (Lipinski definition) is 3. The standard InChI is InChI=1S/C12H15N3O5S/c13-21(18,19)7-9-3-1-2-8(4-9)5-14-11(16)10-6-20-12(17)15-10/h1-4,10H,5-7H2,(H,14,16)(H,15,17)(H2,13,18,19)/t10-/m0/s1. The number of alkyl carbamates (subject to hydrolysis) is 1. The lowest BCUT2D eigenvalue weighted by Crippen LogP contribution is -2.42. The lowest BCUT2D eigenvalue weighted by molar-refractivity contribution is -0.123. The Morgan fingerprint density at radius 2 is 2.14 bits per heavy atom. The molecule has 1 fully saturated rings. The maximum atomic E-state index is 11.8. The van der Waals surface area contributed by atoms with Crippen LogP contribution in [0.25, 0.3) is 0 Å². The zero-order valence-electron chi connectivity index (χ0n) is 11.0. The summed E-state index contributed by atoms with van der Waals surface area (Å²) < 4.78 is 26.7. The van der Waals surface area contributed by atoms with Crippen molar-refractivity contribution in [1.82, 2.24) is 10.6 Å². The van der Waals surface area contributed by atoms with Crippen molar-refractivity contribution in [2.75, 3.05) is 6.61 Å². The first-order chi connectivity index (χ1) is 9.83. The molecule has 21 heavy (non-hydrogen) atoms. The molecule has 1 aromatic rings. The first-order valence-electron chi connectivity index (χ1n) is 6.13. The number of ether oxygens (including phenoxy) is 1. The van der Waals surface area contributed by atoms with Gasteiger partial charge >= 0.3 is 6.09 Å². The van der Waals surface area contributed by atoms with Gasteiger partial charge in [-0.3, -0.25) is 4.79 Å². The van der Waals surface area contributed by atoms with E-state index in [4.69, 9.17) is 5.14 Å². The number of sulfonamides is 1. The molecule has 8 nitrogen and oxygen atoms in total. The highest BCUT2D eigenvalue weighted by Crippen LogP contribution is 2.08. The van der Waals surface area contributed by atoms with Crippen molar-refractivity contribution in [2.45, 2.75) is 18.3 Å². The summed E-state index contributed by atoms with van der Waals surface area (Å²) in [5.41, 5.74) is 1.27. The van der Waals surface area contributed by atoms with E-state index in [1.54, 1.807) is 24.3 Å². The summed E-state index contributed by atoms with van der Waals surface area (Å²) in [5, 5.41) is 9.98. The highest BCUT2D eigenvalue weighted by Gasteiger charge is 2.28. The molecule has 2 rings (SSSR count). The number of rotatable bonds is 5. The monoisotopic (exact) mass is 313 g/mol. The first kappa shape index (κ1) is 15.3. The Morgan fingerprint density at radius 3 is 2.76 bits per heavy atom. The molecule has 2 amide bonds. The summed E-state index contributed by atoms with van der Waals surface area (Å²) in [6, 6.07) is 6.01. The number of nitrogens with one attached hydrogen (secondary N) is 2. The van der Waals surface area contributed by atoms with Crippen LogP contribution in [0.3, 0.4) is 0 Å². The van der Waals surface area contributed by atoms with Crippen LogP contribution in [-0.2, 0) is 31.9 Å². The molecule has 1 aliphatic heterocycles. The van der Waals surface area contributed by atoms with E-state index in [0.717, 1.165) is 5.56 Å². The minimum atomic E-state index is -3.60. The molecule has 0 aromatic heterocycles. The zero-order chi connectivity index (χ0) is 15.5. The summed E-state index contributed by atoms with van der Waals surface area (Å²) in [5.74, 6) is -0.626. The Kier molecular flexibility index (Phi) is 4.43. The molecule has 0 bridgehead atoms. The molecular formula is C12H15N3O5S. The molecule has 0 spiro atoms. The maximum Gasteiger partial charge on any atom is 0.407 e. The average molecular weight is 313 g/mol. The van der Waals surface area contributed by atoms with Crippen LogP contribution in [0, 0.1) is 0 Å². The number of benzene rings is 1. The molecule has 0 saturated carbocycles. The Bertz CT molecular complexity index is 659. The van der Waals surface area contributed by atoms with Crippen LogP contribution in [-0.4, -0.2) is 33.1 Å². The van der Waals surface area contributed by atoms with Crippen molar-refractivity contribution in [2.24, 2.45) is 5.14 Å². The third-order valence-corrected chi connectivity index (χ3v) is 3.55. The van der Waals surface area contributed by atoms with E-state index < -0.39 is 22.2 Å². The van der Waals surface area contributed by atoms with Gasteiger partial charge in [-0.05, 0) is 11.1 Å². The summed E-state index contributed by atoms with van der Waals surface area (Å²) in [6.07, 6.45) is -0.620. The number of amides is 2. The lowest BCUT2D eigenvalue weighted by Gasteiger charge is -2.10. The fourth-order valence-corrected chi connectivity index (χ4v) is 2.54. The van der Waals surface area contributed by atoms with Crippen molar-refractivity contribution in [3.8, 4) is 0 Å². The minimum Gasteiger partial charge on any atom is -0.447 e. The van der Waals surface area contributed by atoms with Crippen LogP contribution in [0.15, 0.2) is 24.3 Å². The number of nitrogens with two attached hydrogens (primary N) is 1. The summed E-state index contributed by atoms with van der Waals surface area (Å²) in [7, 11) is -3.60. The number of cyclic esters (lactones) is 1. The van der Waals surface area contributed by atoms with Gasteiger partial charge in [-0.25, -0.2) is 18.4 Å². The molecule has 1 aliphatic rings. The van der Waals surface area contributed by atoms with Gasteiger partial charge in [-0.1, -0.05) is 24.3 Å². The van der Waals surface area contributed by atoms with E-state index in [-0.39, 0.29) is 24.8 Å². The van der Waals surface area contributed by atoms with Crippen molar-refractivity contribution in [1.29, 1.82) is 0 Å². The van der Waals surface area contributed by atoms with Crippen LogP contribution in [0.2, 0.25) is 0 Å². The van der Waals surface area contributed by atoms with Gasteiger partial charge in [0.05, 0.1) is 5.75 Å². The van der Waals surface area contributed by atoms with E-state index in [0.29, 0.717) is 5.56 Å². The fraction of sp³-hybridized carbons (Fsp3) is 0.333. The van der Waals surface area contributed by atoms with E-state index in [1.807, 2.05) is 0 Å². The predicted octanol–water partition coefficient (Wildman–Crippen LogP) is -0.800. The van der Waals surface area contributed by atoms with Crippen molar-refractivity contribution in [3.05, 3.63) is 35.4 Å². The fourth-order valence-electron chi connectivity index (χ4n) is 1.90.